The molecule has 3 aromatic carbocycles. The number of hydrogen-bond donors (Lipinski definition) is 0. The molecule has 1 aromatic heterocycles. The summed E-state index contributed by atoms with van der Waals surface area (Å²) < 4.78 is 13.7. The van der Waals surface area contributed by atoms with E-state index < -0.39 is 0 Å². The van der Waals surface area contributed by atoms with Crippen LogP contribution in [0.15, 0.2) is 72.8 Å². The van der Waals surface area contributed by atoms with Crippen LogP contribution in [-0.4, -0.2) is 64.7 Å². The summed E-state index contributed by atoms with van der Waals surface area (Å²) in [4.78, 5) is 22.5. The number of carbonyl (C=O) groups excluding carboxylic acids is 1. The molecule has 7 nitrogen and oxygen atoms in total. The van der Waals surface area contributed by atoms with Crippen molar-refractivity contribution < 1.29 is 14.3 Å². The minimum absolute atomic E-state index is 0.0277. The molecule has 0 bridgehead atoms. The fourth-order valence-electron chi connectivity index (χ4n) is 4.86. The quantitative estimate of drug-likeness (QED) is 0.331. The maximum atomic E-state index is 13.3. The lowest BCUT2D eigenvalue weighted by Gasteiger charge is -2.34. The first-order valence-electron chi connectivity index (χ1n) is 13.1. The van der Waals surface area contributed by atoms with Crippen molar-refractivity contribution in [1.29, 1.82) is 0 Å². The predicted molar refractivity (Wildman–Crippen MR) is 145 cm³/mol. The van der Waals surface area contributed by atoms with Crippen LogP contribution in [0.4, 0.5) is 0 Å². The molecular formula is C30H34N4O3. The number of amides is 1. The van der Waals surface area contributed by atoms with E-state index in [1.165, 1.54) is 5.56 Å². The summed E-state index contributed by atoms with van der Waals surface area (Å²) in [6.07, 6.45) is 0. The highest BCUT2D eigenvalue weighted by molar-refractivity contribution is 5.95. The SMILES string of the molecule is CCOc1ccc(C(=O)N2CCN(Cc3nc4ccccc4n3Cc3ccccc3)CC2)cc1OCC. The van der Waals surface area contributed by atoms with Crippen molar-refractivity contribution in [2.45, 2.75) is 26.9 Å². The Morgan fingerprint density at radius 1 is 0.811 bits per heavy atom. The number of ether oxygens (including phenoxy) is 2. The molecule has 0 unspecified atom stereocenters. The normalized spacial score (nSPS) is 14.2. The average Bonchev–Trinajstić information content (AvgIpc) is 3.27. The van der Waals surface area contributed by atoms with E-state index in [4.69, 9.17) is 14.5 Å². The summed E-state index contributed by atoms with van der Waals surface area (Å²) >= 11 is 0. The van der Waals surface area contributed by atoms with Gasteiger partial charge in [0.1, 0.15) is 5.82 Å². The second-order valence-corrected chi connectivity index (χ2v) is 9.18. The molecule has 37 heavy (non-hydrogen) atoms. The number of hydrogen-bond acceptors (Lipinski definition) is 5. The maximum Gasteiger partial charge on any atom is 0.254 e. The van der Waals surface area contributed by atoms with Gasteiger partial charge >= 0.3 is 0 Å². The largest absolute Gasteiger partial charge is 0.490 e. The third kappa shape index (κ3) is 5.62. The van der Waals surface area contributed by atoms with E-state index in [2.05, 4.69) is 51.9 Å². The van der Waals surface area contributed by atoms with Crippen LogP contribution >= 0.6 is 0 Å². The Kier molecular flexibility index (Phi) is 7.70. The molecule has 1 amide bonds. The number of fused-ring (bicyclic) bond motifs is 1. The molecule has 1 aliphatic heterocycles. The molecule has 0 spiro atoms. The molecule has 192 valence electrons. The first-order chi connectivity index (χ1) is 18.2. The third-order valence-corrected chi connectivity index (χ3v) is 6.73. The van der Waals surface area contributed by atoms with Gasteiger partial charge in [0, 0.05) is 38.3 Å². The lowest BCUT2D eigenvalue weighted by atomic mass is 10.1. The van der Waals surface area contributed by atoms with Crippen molar-refractivity contribution >= 4 is 16.9 Å². The summed E-state index contributed by atoms with van der Waals surface area (Å²) in [7, 11) is 0. The summed E-state index contributed by atoms with van der Waals surface area (Å²) in [5, 5.41) is 0. The second kappa shape index (κ2) is 11.5. The van der Waals surface area contributed by atoms with Gasteiger partial charge in [0.05, 0.1) is 30.8 Å². The fourth-order valence-corrected chi connectivity index (χ4v) is 4.86. The number of imidazole rings is 1. The van der Waals surface area contributed by atoms with Crippen LogP contribution in [0.3, 0.4) is 0 Å². The molecule has 0 N–H and O–H groups in total. The van der Waals surface area contributed by atoms with E-state index in [0.717, 1.165) is 43.0 Å². The number of benzene rings is 3. The van der Waals surface area contributed by atoms with Gasteiger partial charge in [0.2, 0.25) is 0 Å². The predicted octanol–water partition coefficient (Wildman–Crippen LogP) is 4.84. The number of piperazine rings is 1. The van der Waals surface area contributed by atoms with Crippen LogP contribution in [0, 0.1) is 0 Å². The zero-order valence-corrected chi connectivity index (χ0v) is 21.6. The zero-order valence-electron chi connectivity index (χ0n) is 21.6. The van der Waals surface area contributed by atoms with Crippen molar-refractivity contribution in [2.24, 2.45) is 0 Å². The summed E-state index contributed by atoms with van der Waals surface area (Å²) in [5.74, 6) is 2.37. The topological polar surface area (TPSA) is 59.8 Å². The first-order valence-corrected chi connectivity index (χ1v) is 13.1. The number of para-hydroxylation sites is 2. The van der Waals surface area contributed by atoms with Gasteiger partial charge in [-0.05, 0) is 49.7 Å². The summed E-state index contributed by atoms with van der Waals surface area (Å²) in [6.45, 7) is 9.42. The van der Waals surface area contributed by atoms with Gasteiger partial charge in [0.25, 0.3) is 5.91 Å². The number of aromatic nitrogens is 2. The molecule has 7 heteroatoms. The van der Waals surface area contributed by atoms with Crippen molar-refractivity contribution in [1.82, 2.24) is 19.4 Å². The first kappa shape index (κ1) is 24.8. The van der Waals surface area contributed by atoms with Crippen LogP contribution in [0.25, 0.3) is 11.0 Å². The summed E-state index contributed by atoms with van der Waals surface area (Å²) in [6, 6.07) is 24.3. The van der Waals surface area contributed by atoms with Crippen molar-refractivity contribution in [2.75, 3.05) is 39.4 Å². The van der Waals surface area contributed by atoms with Gasteiger partial charge in [-0.1, -0.05) is 42.5 Å². The molecule has 4 aromatic rings. The maximum absolute atomic E-state index is 13.3. The second-order valence-electron chi connectivity index (χ2n) is 9.18. The van der Waals surface area contributed by atoms with Gasteiger partial charge in [-0.15, -0.1) is 0 Å². The molecule has 1 fully saturated rings. The van der Waals surface area contributed by atoms with E-state index in [-0.39, 0.29) is 5.91 Å². The van der Waals surface area contributed by atoms with Crippen LogP contribution in [0.2, 0.25) is 0 Å². The number of carbonyl (C=O) groups is 1. The van der Waals surface area contributed by atoms with E-state index in [1.807, 2.05) is 43.0 Å². The Hall–Kier alpha value is -3.84. The lowest BCUT2D eigenvalue weighted by Crippen LogP contribution is -2.48. The minimum atomic E-state index is 0.0277. The Morgan fingerprint density at radius 2 is 1.51 bits per heavy atom. The highest BCUT2D eigenvalue weighted by Crippen LogP contribution is 2.29. The average molecular weight is 499 g/mol. The fraction of sp³-hybridized carbons (Fsp3) is 0.333. The van der Waals surface area contributed by atoms with Crippen LogP contribution < -0.4 is 9.47 Å². The van der Waals surface area contributed by atoms with Gasteiger partial charge < -0.3 is 18.9 Å². The Morgan fingerprint density at radius 3 is 2.27 bits per heavy atom. The van der Waals surface area contributed by atoms with Gasteiger partial charge in [0.15, 0.2) is 11.5 Å². The molecule has 5 rings (SSSR count). The molecule has 0 saturated carbocycles. The van der Waals surface area contributed by atoms with Crippen molar-refractivity contribution in [3.8, 4) is 11.5 Å². The van der Waals surface area contributed by atoms with Crippen LogP contribution in [0.5, 0.6) is 11.5 Å². The molecule has 1 saturated heterocycles. The van der Waals surface area contributed by atoms with Crippen LogP contribution in [-0.2, 0) is 13.1 Å². The van der Waals surface area contributed by atoms with E-state index in [1.54, 1.807) is 6.07 Å². The monoisotopic (exact) mass is 498 g/mol. The molecule has 0 aliphatic carbocycles. The lowest BCUT2D eigenvalue weighted by molar-refractivity contribution is 0.0624. The molecule has 0 radical (unpaired) electrons. The van der Waals surface area contributed by atoms with Gasteiger partial charge in [-0.25, -0.2) is 4.98 Å². The van der Waals surface area contributed by atoms with Crippen LogP contribution in [0.1, 0.15) is 35.6 Å². The Balaban J connectivity index is 1.27. The molecule has 2 heterocycles. The van der Waals surface area contributed by atoms with Gasteiger partial charge in [-0.2, -0.15) is 0 Å². The Bertz CT molecular complexity index is 1340. The highest BCUT2D eigenvalue weighted by Gasteiger charge is 2.24. The standard InChI is InChI=1S/C30H34N4O3/c1-3-36-27-15-14-24(20-28(27)37-4-2)30(35)33-18-16-32(17-19-33)22-29-31-25-12-8-9-13-26(25)34(29)21-23-10-6-5-7-11-23/h5-15,20H,3-4,16-19,21-22H2,1-2H3. The molecule has 0 atom stereocenters. The number of nitrogens with zero attached hydrogens (tertiary/aromatic N) is 4. The Labute approximate surface area is 218 Å². The summed E-state index contributed by atoms with van der Waals surface area (Å²) in [5.41, 5.74) is 4.05. The van der Waals surface area contributed by atoms with E-state index >= 15 is 0 Å². The van der Waals surface area contributed by atoms with E-state index in [9.17, 15) is 4.79 Å². The number of rotatable bonds is 9. The molecular weight excluding hydrogens is 464 g/mol. The van der Waals surface area contributed by atoms with Crippen molar-refractivity contribution in [3.05, 3.63) is 89.7 Å². The highest BCUT2D eigenvalue weighted by atomic mass is 16.5. The van der Waals surface area contributed by atoms with E-state index in [0.29, 0.717) is 43.4 Å². The smallest absolute Gasteiger partial charge is 0.254 e. The van der Waals surface area contributed by atoms with Gasteiger partial charge in [-0.3, -0.25) is 9.69 Å². The third-order valence-electron chi connectivity index (χ3n) is 6.73. The molecule has 1 aliphatic rings. The zero-order chi connectivity index (χ0) is 25.6. The van der Waals surface area contributed by atoms with Crippen molar-refractivity contribution in [3.63, 3.8) is 0 Å². The minimum Gasteiger partial charge on any atom is -0.490 e.